The number of hydrogen-bond acceptors (Lipinski definition) is 2. The van der Waals surface area contributed by atoms with E-state index in [-0.39, 0.29) is 0 Å². The van der Waals surface area contributed by atoms with Gasteiger partial charge in [0.05, 0.1) is 29.0 Å². The molecule has 0 aromatic heterocycles. The van der Waals surface area contributed by atoms with Gasteiger partial charge in [-0.05, 0) is 36.4 Å². The predicted molar refractivity (Wildman–Crippen MR) is 101 cm³/mol. The number of azo groups is 1. The van der Waals surface area contributed by atoms with Crippen LogP contribution in [0.25, 0.3) is 0 Å². The third kappa shape index (κ3) is 4.02. The Hall–Kier alpha value is -1.53. The van der Waals surface area contributed by atoms with E-state index in [4.69, 9.17) is 0 Å². The van der Waals surface area contributed by atoms with Crippen LogP contribution in [0.2, 0.25) is 26.2 Å². The molecule has 0 atom stereocenters. The molecule has 2 nitrogen and oxygen atoms in total. The minimum absolute atomic E-state index is 0.547. The van der Waals surface area contributed by atoms with Gasteiger partial charge in [-0.15, -0.1) is 0 Å². The van der Waals surface area contributed by atoms with Crippen LogP contribution in [0.5, 0.6) is 0 Å². The minimum Gasteiger partial charge on any atom is -0.151 e. The molecule has 4 heteroatoms. The maximum Gasteiger partial charge on any atom is 0.0847 e. The van der Waals surface area contributed by atoms with E-state index in [1.807, 2.05) is 0 Å². The molecule has 0 saturated heterocycles. The van der Waals surface area contributed by atoms with Crippen LogP contribution in [0, 0.1) is 13.8 Å². The molecule has 0 saturated carbocycles. The summed E-state index contributed by atoms with van der Waals surface area (Å²) in [5.41, 5.74) is 4.64. The zero-order valence-corrected chi connectivity index (χ0v) is 16.4. The Morgan fingerprint density at radius 1 is 0.636 bits per heavy atom. The van der Waals surface area contributed by atoms with Crippen LogP contribution < -0.4 is 10.4 Å². The van der Waals surface area contributed by atoms with Crippen molar-refractivity contribution in [2.75, 3.05) is 0 Å². The van der Waals surface area contributed by atoms with E-state index in [1.54, 1.807) is 0 Å². The van der Waals surface area contributed by atoms with Crippen LogP contribution in [0.1, 0.15) is 11.1 Å². The second-order valence-electron chi connectivity index (χ2n) is 6.24. The third-order valence-corrected chi connectivity index (χ3v) is 6.60. The number of rotatable bonds is 4. The van der Waals surface area contributed by atoms with Gasteiger partial charge in [-0.25, -0.2) is 0 Å². The van der Waals surface area contributed by atoms with Crippen LogP contribution >= 0.6 is 0 Å². The lowest BCUT2D eigenvalue weighted by atomic mass is 10.2. The van der Waals surface area contributed by atoms with Gasteiger partial charge in [0, 0.05) is 0 Å². The lowest BCUT2D eigenvalue weighted by molar-refractivity contribution is 1.24. The Kier molecular flexibility index (Phi) is 5.48. The Bertz CT molecular complexity index is 632. The SMILES string of the molecule is Cc1ccc(N=Nc2ccc(C)cc2[Si](C)C)c([Si](C)C)c1. The summed E-state index contributed by atoms with van der Waals surface area (Å²) in [5, 5.41) is 11.9. The summed E-state index contributed by atoms with van der Waals surface area (Å²) in [5.74, 6) is 0. The van der Waals surface area contributed by atoms with Crippen molar-refractivity contribution in [3.8, 4) is 0 Å². The Morgan fingerprint density at radius 2 is 1.00 bits per heavy atom. The molecule has 114 valence electrons. The average Bonchev–Trinajstić information content (AvgIpc) is 2.46. The van der Waals surface area contributed by atoms with Gasteiger partial charge in [0.25, 0.3) is 0 Å². The molecule has 0 N–H and O–H groups in total. The zero-order valence-electron chi connectivity index (χ0n) is 14.4. The van der Waals surface area contributed by atoms with Crippen LogP contribution in [0.15, 0.2) is 46.6 Å². The van der Waals surface area contributed by atoms with Crippen molar-refractivity contribution in [3.05, 3.63) is 47.5 Å². The van der Waals surface area contributed by atoms with Gasteiger partial charge in [0.1, 0.15) is 0 Å². The van der Waals surface area contributed by atoms with Crippen molar-refractivity contribution in [2.45, 2.75) is 40.0 Å². The molecule has 2 radical (unpaired) electrons. The molecule has 0 bridgehead atoms. The summed E-state index contributed by atoms with van der Waals surface area (Å²) in [7, 11) is -1.09. The zero-order chi connectivity index (χ0) is 16.3. The van der Waals surface area contributed by atoms with Crippen molar-refractivity contribution in [1.29, 1.82) is 0 Å². The van der Waals surface area contributed by atoms with E-state index >= 15 is 0 Å². The number of benzene rings is 2. The number of aryl methyl sites for hydroxylation is 2. The largest absolute Gasteiger partial charge is 0.151 e. The monoisotopic (exact) mass is 324 g/mol. The molecule has 0 spiro atoms. The van der Waals surface area contributed by atoms with Gasteiger partial charge in [-0.2, -0.15) is 10.2 Å². The molecule has 0 aliphatic heterocycles. The fourth-order valence-electron chi connectivity index (χ4n) is 2.38. The van der Waals surface area contributed by atoms with Crippen molar-refractivity contribution in [1.82, 2.24) is 0 Å². The van der Waals surface area contributed by atoms with Crippen LogP contribution in [-0.4, -0.2) is 17.6 Å². The lowest BCUT2D eigenvalue weighted by Crippen LogP contribution is -2.23. The van der Waals surface area contributed by atoms with Crippen LogP contribution in [-0.2, 0) is 0 Å². The van der Waals surface area contributed by atoms with Gasteiger partial charge in [-0.1, -0.05) is 61.6 Å². The molecule has 2 rings (SSSR count). The standard InChI is InChI=1S/C18H24N2Si2/c1-13-7-9-15(17(11-13)21(3)4)19-20-16-10-8-14(2)12-18(16)22(5)6/h7-12H,1-6H3. The molecule has 0 fully saturated rings. The fourth-order valence-corrected chi connectivity index (χ4v) is 4.71. The predicted octanol–water partition coefficient (Wildman–Crippen LogP) is 4.64. The van der Waals surface area contributed by atoms with E-state index in [2.05, 4.69) is 86.7 Å². The highest BCUT2D eigenvalue weighted by Crippen LogP contribution is 2.18. The molecule has 0 heterocycles. The summed E-state index contributed by atoms with van der Waals surface area (Å²) in [6, 6.07) is 13.0. The Balaban J connectivity index is 2.41. The summed E-state index contributed by atoms with van der Waals surface area (Å²) in [6.07, 6.45) is 0. The van der Waals surface area contributed by atoms with E-state index < -0.39 is 17.6 Å². The summed E-state index contributed by atoms with van der Waals surface area (Å²) < 4.78 is 0. The molecule has 0 aliphatic rings. The van der Waals surface area contributed by atoms with E-state index in [9.17, 15) is 0 Å². The summed E-state index contributed by atoms with van der Waals surface area (Å²) >= 11 is 0. The van der Waals surface area contributed by atoms with E-state index in [1.165, 1.54) is 21.5 Å². The van der Waals surface area contributed by atoms with Gasteiger partial charge in [-0.3, -0.25) is 0 Å². The first-order valence-corrected chi connectivity index (χ1v) is 12.6. The first kappa shape index (κ1) is 16.8. The highest BCUT2D eigenvalue weighted by atomic mass is 28.3. The van der Waals surface area contributed by atoms with Crippen molar-refractivity contribution in [2.24, 2.45) is 10.2 Å². The Morgan fingerprint density at radius 3 is 1.32 bits per heavy atom. The second-order valence-corrected chi connectivity index (χ2v) is 11.3. The lowest BCUT2D eigenvalue weighted by Gasteiger charge is -2.10. The molecule has 0 unspecified atom stereocenters. The third-order valence-electron chi connectivity index (χ3n) is 3.65. The smallest absolute Gasteiger partial charge is 0.0847 e. The normalized spacial score (nSPS) is 11.8. The molecule has 2 aromatic rings. The van der Waals surface area contributed by atoms with Crippen LogP contribution in [0.3, 0.4) is 0 Å². The molecular formula is C18H24N2Si2. The van der Waals surface area contributed by atoms with Gasteiger partial charge in [0.15, 0.2) is 0 Å². The quantitative estimate of drug-likeness (QED) is 0.578. The van der Waals surface area contributed by atoms with Crippen molar-refractivity contribution in [3.63, 3.8) is 0 Å². The molecule has 0 amide bonds. The van der Waals surface area contributed by atoms with Crippen LogP contribution in [0.4, 0.5) is 11.4 Å². The maximum atomic E-state index is 4.58. The number of hydrogen-bond donors (Lipinski definition) is 0. The highest BCUT2D eigenvalue weighted by Gasteiger charge is 2.10. The average molecular weight is 325 g/mol. The molecule has 2 aromatic carbocycles. The highest BCUT2D eigenvalue weighted by molar-refractivity contribution is 6.72. The van der Waals surface area contributed by atoms with Gasteiger partial charge < -0.3 is 0 Å². The van der Waals surface area contributed by atoms with Gasteiger partial charge in [0.2, 0.25) is 0 Å². The van der Waals surface area contributed by atoms with E-state index in [0.717, 1.165) is 11.4 Å². The first-order valence-electron chi connectivity index (χ1n) is 7.62. The second kappa shape index (κ2) is 7.16. The topological polar surface area (TPSA) is 24.7 Å². The molecular weight excluding hydrogens is 300 g/mol. The summed E-state index contributed by atoms with van der Waals surface area (Å²) in [6.45, 7) is 13.5. The summed E-state index contributed by atoms with van der Waals surface area (Å²) in [4.78, 5) is 0. The Labute approximate surface area is 137 Å². The molecule has 22 heavy (non-hydrogen) atoms. The number of nitrogens with zero attached hydrogens (tertiary/aromatic N) is 2. The van der Waals surface area contributed by atoms with Gasteiger partial charge >= 0.3 is 0 Å². The first-order chi connectivity index (χ1) is 10.4. The maximum absolute atomic E-state index is 4.58. The molecule has 0 aliphatic carbocycles. The van der Waals surface area contributed by atoms with E-state index in [0.29, 0.717) is 0 Å². The van der Waals surface area contributed by atoms with Crippen molar-refractivity contribution >= 4 is 39.3 Å². The van der Waals surface area contributed by atoms with Crippen molar-refractivity contribution < 1.29 is 0 Å². The minimum atomic E-state index is -0.547. The fraction of sp³-hybridized carbons (Fsp3) is 0.333.